The van der Waals surface area contributed by atoms with Gasteiger partial charge in [-0.3, -0.25) is 4.84 Å². The minimum atomic E-state index is -3.65. The molecular weight excluding hydrogens is 368 g/mol. The van der Waals surface area contributed by atoms with Gasteiger partial charge in [0, 0.05) is 19.2 Å². The Hall–Kier alpha value is -2.13. The molecular formula is C19H24N2O5S. The molecule has 1 heterocycles. The summed E-state index contributed by atoms with van der Waals surface area (Å²) >= 11 is 0. The van der Waals surface area contributed by atoms with E-state index in [-0.39, 0.29) is 13.2 Å². The minimum Gasteiger partial charge on any atom is -0.493 e. The van der Waals surface area contributed by atoms with E-state index in [9.17, 15) is 8.42 Å². The van der Waals surface area contributed by atoms with Crippen LogP contribution in [-0.4, -0.2) is 46.6 Å². The normalized spacial score (nSPS) is 20.6. The van der Waals surface area contributed by atoms with Crippen molar-refractivity contribution in [2.24, 2.45) is 0 Å². The second kappa shape index (κ2) is 8.26. The van der Waals surface area contributed by atoms with Crippen molar-refractivity contribution in [3.8, 4) is 11.5 Å². The topological polar surface area (TPSA) is 77.1 Å². The number of nitrogens with one attached hydrogen (secondary N) is 1. The van der Waals surface area contributed by atoms with Crippen molar-refractivity contribution in [1.82, 2.24) is 9.79 Å². The first-order valence-electron chi connectivity index (χ1n) is 8.57. The Kier molecular flexibility index (Phi) is 6.01. The van der Waals surface area contributed by atoms with Crippen LogP contribution < -0.4 is 14.2 Å². The summed E-state index contributed by atoms with van der Waals surface area (Å²) in [4.78, 5) is 5.56. The molecule has 27 heavy (non-hydrogen) atoms. The van der Waals surface area contributed by atoms with Crippen molar-refractivity contribution in [3.63, 3.8) is 0 Å². The van der Waals surface area contributed by atoms with Crippen LogP contribution in [0, 0.1) is 0 Å². The summed E-state index contributed by atoms with van der Waals surface area (Å²) in [6, 6.07) is 14.3. The lowest BCUT2D eigenvalue weighted by atomic mass is 10.0. The molecule has 2 aromatic rings. The molecule has 0 aromatic heterocycles. The molecule has 1 fully saturated rings. The highest BCUT2D eigenvalue weighted by molar-refractivity contribution is 7.90. The predicted molar refractivity (Wildman–Crippen MR) is 102 cm³/mol. The molecule has 1 aliphatic heterocycles. The summed E-state index contributed by atoms with van der Waals surface area (Å²) in [6.45, 7) is 0.289. The van der Waals surface area contributed by atoms with Crippen molar-refractivity contribution >= 4 is 10.0 Å². The van der Waals surface area contributed by atoms with Gasteiger partial charge in [-0.05, 0) is 11.6 Å². The number of rotatable bonds is 7. The van der Waals surface area contributed by atoms with Crippen LogP contribution in [0.2, 0.25) is 0 Å². The van der Waals surface area contributed by atoms with Gasteiger partial charge < -0.3 is 9.47 Å². The van der Waals surface area contributed by atoms with E-state index in [2.05, 4.69) is 4.72 Å². The highest BCUT2D eigenvalue weighted by Gasteiger charge is 2.44. The number of hydroxylamine groups is 2. The van der Waals surface area contributed by atoms with E-state index in [4.69, 9.17) is 14.3 Å². The fourth-order valence-electron chi connectivity index (χ4n) is 3.28. The van der Waals surface area contributed by atoms with Crippen LogP contribution >= 0.6 is 0 Å². The highest BCUT2D eigenvalue weighted by atomic mass is 32.2. The molecule has 2 aromatic carbocycles. The summed E-state index contributed by atoms with van der Waals surface area (Å²) < 4.78 is 39.5. The third-order valence-corrected chi connectivity index (χ3v) is 6.39. The second-order valence-electron chi connectivity index (χ2n) is 6.26. The number of sulfonamides is 1. The van der Waals surface area contributed by atoms with Crippen LogP contribution in [0.25, 0.3) is 0 Å². The van der Waals surface area contributed by atoms with Crippen LogP contribution in [0.5, 0.6) is 11.5 Å². The molecule has 2 atom stereocenters. The van der Waals surface area contributed by atoms with E-state index >= 15 is 0 Å². The van der Waals surface area contributed by atoms with Crippen LogP contribution in [0.15, 0.2) is 48.5 Å². The van der Waals surface area contributed by atoms with Gasteiger partial charge in [-0.25, -0.2) is 13.1 Å². The number of methoxy groups -OCH3 is 2. The van der Waals surface area contributed by atoms with Crippen LogP contribution in [0.1, 0.15) is 17.2 Å². The van der Waals surface area contributed by atoms with Gasteiger partial charge in [0.1, 0.15) is 5.25 Å². The smallest absolute Gasteiger partial charge is 0.219 e. The summed E-state index contributed by atoms with van der Waals surface area (Å²) in [5.41, 5.74) is 1.59. The van der Waals surface area contributed by atoms with Crippen LogP contribution in [-0.2, 0) is 21.4 Å². The first-order valence-corrected chi connectivity index (χ1v) is 10.1. The molecule has 7 nitrogen and oxygen atoms in total. The lowest BCUT2D eigenvalue weighted by molar-refractivity contribution is -0.110. The van der Waals surface area contributed by atoms with E-state index < -0.39 is 21.3 Å². The standard InChI is InChI=1S/C19H24N2O5S/c1-21-18(15-10-7-11-16(24-2)19(15)25-3)17(13-26-21)27(22,23)20-12-14-8-5-4-6-9-14/h4-11,17-18,20H,12-13H2,1-3H3. The fraction of sp³-hybridized carbons (Fsp3) is 0.368. The maximum Gasteiger partial charge on any atom is 0.219 e. The van der Waals surface area contributed by atoms with Crippen molar-refractivity contribution < 1.29 is 22.7 Å². The molecule has 1 saturated heterocycles. The maximum atomic E-state index is 13.0. The van der Waals surface area contributed by atoms with Gasteiger partial charge in [0.05, 0.1) is 26.9 Å². The van der Waals surface area contributed by atoms with Crippen molar-refractivity contribution in [2.45, 2.75) is 17.8 Å². The third kappa shape index (κ3) is 4.08. The zero-order chi connectivity index (χ0) is 19.4. The van der Waals surface area contributed by atoms with Crippen molar-refractivity contribution in [3.05, 3.63) is 59.7 Å². The SMILES string of the molecule is COc1cccc(C2C(S(=O)(=O)NCc3ccccc3)CON2C)c1OC. The molecule has 0 saturated carbocycles. The van der Waals surface area contributed by atoms with Gasteiger partial charge in [0.25, 0.3) is 0 Å². The van der Waals surface area contributed by atoms with Crippen molar-refractivity contribution in [2.75, 3.05) is 27.9 Å². The Balaban J connectivity index is 1.89. The third-order valence-electron chi connectivity index (χ3n) is 4.66. The largest absolute Gasteiger partial charge is 0.493 e. The zero-order valence-corrected chi connectivity index (χ0v) is 16.4. The second-order valence-corrected chi connectivity index (χ2v) is 8.24. The Morgan fingerprint density at radius 2 is 1.85 bits per heavy atom. The lowest BCUT2D eigenvalue weighted by Crippen LogP contribution is -2.39. The molecule has 0 amide bonds. The lowest BCUT2D eigenvalue weighted by Gasteiger charge is -2.25. The monoisotopic (exact) mass is 392 g/mol. The molecule has 146 valence electrons. The average Bonchev–Trinajstić information content (AvgIpc) is 3.08. The highest BCUT2D eigenvalue weighted by Crippen LogP contribution is 2.42. The molecule has 0 radical (unpaired) electrons. The molecule has 1 N–H and O–H groups in total. The Bertz CT molecular complexity index is 873. The van der Waals surface area contributed by atoms with E-state index in [1.807, 2.05) is 42.5 Å². The van der Waals surface area contributed by atoms with E-state index in [1.54, 1.807) is 25.3 Å². The Morgan fingerprint density at radius 3 is 2.52 bits per heavy atom. The zero-order valence-electron chi connectivity index (χ0n) is 15.6. The average molecular weight is 392 g/mol. The molecule has 3 rings (SSSR count). The summed E-state index contributed by atoms with van der Waals surface area (Å²) in [5, 5.41) is 0.774. The van der Waals surface area contributed by atoms with E-state index in [1.165, 1.54) is 7.11 Å². The Labute approximate surface area is 159 Å². The summed E-state index contributed by atoms with van der Waals surface area (Å²) in [7, 11) is 1.16. The number of benzene rings is 2. The quantitative estimate of drug-likeness (QED) is 0.778. The Morgan fingerprint density at radius 1 is 1.11 bits per heavy atom. The van der Waals surface area contributed by atoms with Crippen LogP contribution in [0.3, 0.4) is 0 Å². The van der Waals surface area contributed by atoms with Gasteiger partial charge in [-0.15, -0.1) is 0 Å². The summed E-state index contributed by atoms with van der Waals surface area (Å²) in [5.74, 6) is 1.05. The molecule has 2 unspecified atom stereocenters. The number of hydrogen-bond acceptors (Lipinski definition) is 6. The number of ether oxygens (including phenoxy) is 2. The summed E-state index contributed by atoms with van der Waals surface area (Å²) in [6.07, 6.45) is 0. The molecule has 1 aliphatic rings. The van der Waals surface area contributed by atoms with Gasteiger partial charge in [-0.1, -0.05) is 42.5 Å². The molecule has 0 bridgehead atoms. The molecule has 0 spiro atoms. The number of para-hydroxylation sites is 1. The molecule has 0 aliphatic carbocycles. The first-order chi connectivity index (χ1) is 13.0. The number of nitrogens with zero attached hydrogens (tertiary/aromatic N) is 1. The van der Waals surface area contributed by atoms with Crippen molar-refractivity contribution in [1.29, 1.82) is 0 Å². The fourth-order valence-corrected chi connectivity index (χ4v) is 4.76. The first kappa shape index (κ1) is 19.6. The van der Waals surface area contributed by atoms with Gasteiger partial charge in [0.15, 0.2) is 11.5 Å². The molecule has 8 heteroatoms. The van der Waals surface area contributed by atoms with Gasteiger partial charge >= 0.3 is 0 Å². The van der Waals surface area contributed by atoms with Crippen LogP contribution in [0.4, 0.5) is 0 Å². The van der Waals surface area contributed by atoms with Gasteiger partial charge in [-0.2, -0.15) is 5.06 Å². The van der Waals surface area contributed by atoms with E-state index in [0.29, 0.717) is 17.1 Å². The predicted octanol–water partition coefficient (Wildman–Crippen LogP) is 2.11. The minimum absolute atomic E-state index is 0.0612. The number of hydrogen-bond donors (Lipinski definition) is 1. The van der Waals surface area contributed by atoms with E-state index in [0.717, 1.165) is 5.56 Å². The maximum absolute atomic E-state index is 13.0. The van der Waals surface area contributed by atoms with Gasteiger partial charge in [0.2, 0.25) is 10.0 Å².